The molecule has 0 unspecified atom stereocenters. The first-order chi connectivity index (χ1) is 12.2. The van der Waals surface area contributed by atoms with Crippen molar-refractivity contribution in [2.45, 2.75) is 10.1 Å². The monoisotopic (exact) mass is 391 g/mol. The molecule has 5 nitrogen and oxygen atoms in total. The summed E-state index contributed by atoms with van der Waals surface area (Å²) in [5, 5.41) is 11.7. The summed E-state index contributed by atoms with van der Waals surface area (Å²) in [6.45, 7) is 0. The average Bonchev–Trinajstić information content (AvgIpc) is 3.08. The van der Waals surface area contributed by atoms with Gasteiger partial charge in [0, 0.05) is 11.3 Å². The van der Waals surface area contributed by atoms with Gasteiger partial charge in [0.05, 0.1) is 12.1 Å². The van der Waals surface area contributed by atoms with Crippen LogP contribution < -0.4 is 10.1 Å². The Balaban J connectivity index is 1.61. The molecule has 1 aromatic heterocycles. The van der Waals surface area contributed by atoms with E-state index in [9.17, 15) is 4.79 Å². The van der Waals surface area contributed by atoms with Crippen LogP contribution in [0.1, 0.15) is 15.9 Å². The number of thioether (sulfide) groups is 1. The number of ether oxygens (including phenoxy) is 1. The molecule has 128 valence electrons. The summed E-state index contributed by atoms with van der Waals surface area (Å²) in [7, 11) is 1.52. The van der Waals surface area contributed by atoms with Crippen molar-refractivity contribution >= 4 is 45.7 Å². The molecule has 0 saturated carbocycles. The van der Waals surface area contributed by atoms with Crippen LogP contribution in [-0.4, -0.2) is 23.2 Å². The topological polar surface area (TPSA) is 64.1 Å². The quantitative estimate of drug-likeness (QED) is 0.485. The van der Waals surface area contributed by atoms with Gasteiger partial charge in [-0.1, -0.05) is 65.0 Å². The molecule has 0 fully saturated rings. The summed E-state index contributed by atoms with van der Waals surface area (Å²) in [5.41, 5.74) is 1.64. The Morgan fingerprint density at radius 3 is 2.76 bits per heavy atom. The largest absolute Gasteiger partial charge is 0.495 e. The van der Waals surface area contributed by atoms with Crippen LogP contribution in [0.5, 0.6) is 5.75 Å². The van der Waals surface area contributed by atoms with Crippen molar-refractivity contribution in [2.24, 2.45) is 0 Å². The molecule has 1 N–H and O–H groups in total. The van der Waals surface area contributed by atoms with Crippen molar-refractivity contribution in [3.05, 3.63) is 64.7 Å². The number of anilines is 1. The van der Waals surface area contributed by atoms with Crippen LogP contribution in [0.3, 0.4) is 0 Å². The van der Waals surface area contributed by atoms with E-state index in [1.807, 2.05) is 18.2 Å². The van der Waals surface area contributed by atoms with Crippen molar-refractivity contribution in [1.29, 1.82) is 0 Å². The van der Waals surface area contributed by atoms with Crippen molar-refractivity contribution in [2.75, 3.05) is 12.4 Å². The first kappa shape index (κ1) is 17.7. The van der Waals surface area contributed by atoms with E-state index in [2.05, 4.69) is 27.6 Å². The van der Waals surface area contributed by atoms with Gasteiger partial charge in [-0.25, -0.2) is 0 Å². The van der Waals surface area contributed by atoms with Gasteiger partial charge < -0.3 is 4.74 Å². The predicted molar refractivity (Wildman–Crippen MR) is 102 cm³/mol. The van der Waals surface area contributed by atoms with Crippen LogP contribution in [0.4, 0.5) is 5.13 Å². The molecular formula is C17H14ClN3O2S2. The highest BCUT2D eigenvalue weighted by atomic mass is 35.5. The Labute approximate surface area is 158 Å². The SMILES string of the molecule is COc1ccc(C(=O)Nc2nnc(SCc3ccccc3)s2)cc1Cl. The van der Waals surface area contributed by atoms with Crippen LogP contribution in [0.15, 0.2) is 52.9 Å². The smallest absolute Gasteiger partial charge is 0.257 e. The fourth-order valence-corrected chi connectivity index (χ4v) is 3.98. The molecule has 1 heterocycles. The van der Waals surface area contributed by atoms with Gasteiger partial charge in [0.1, 0.15) is 5.75 Å². The lowest BCUT2D eigenvalue weighted by Crippen LogP contribution is -2.11. The van der Waals surface area contributed by atoms with Gasteiger partial charge in [-0.2, -0.15) is 0 Å². The third-order valence-electron chi connectivity index (χ3n) is 3.25. The van der Waals surface area contributed by atoms with Gasteiger partial charge >= 0.3 is 0 Å². The molecular weight excluding hydrogens is 378 g/mol. The summed E-state index contributed by atoms with van der Waals surface area (Å²) in [5.74, 6) is 1.03. The zero-order valence-electron chi connectivity index (χ0n) is 13.2. The van der Waals surface area contributed by atoms with E-state index in [-0.39, 0.29) is 5.91 Å². The number of nitrogens with zero attached hydrogens (tertiary/aromatic N) is 2. The molecule has 0 bridgehead atoms. The molecule has 3 rings (SSSR count). The fourth-order valence-electron chi connectivity index (χ4n) is 2.01. The van der Waals surface area contributed by atoms with Crippen molar-refractivity contribution in [1.82, 2.24) is 10.2 Å². The molecule has 0 aliphatic carbocycles. The van der Waals surface area contributed by atoms with Gasteiger partial charge in [0.2, 0.25) is 5.13 Å². The number of methoxy groups -OCH3 is 1. The highest BCUT2D eigenvalue weighted by molar-refractivity contribution is 8.00. The van der Waals surface area contributed by atoms with Crippen molar-refractivity contribution in [3.8, 4) is 5.75 Å². The van der Waals surface area contributed by atoms with E-state index in [0.29, 0.717) is 21.5 Å². The molecule has 8 heteroatoms. The molecule has 3 aromatic rings. The lowest BCUT2D eigenvalue weighted by atomic mass is 10.2. The minimum absolute atomic E-state index is 0.291. The highest BCUT2D eigenvalue weighted by Crippen LogP contribution is 2.29. The molecule has 0 atom stereocenters. The van der Waals surface area contributed by atoms with Crippen LogP contribution in [-0.2, 0) is 5.75 Å². The third-order valence-corrected chi connectivity index (χ3v) is 5.58. The van der Waals surface area contributed by atoms with Crippen LogP contribution in [0, 0.1) is 0 Å². The van der Waals surface area contributed by atoms with E-state index in [0.717, 1.165) is 10.1 Å². The minimum atomic E-state index is -0.291. The molecule has 0 radical (unpaired) electrons. The van der Waals surface area contributed by atoms with Crippen molar-refractivity contribution in [3.63, 3.8) is 0 Å². The molecule has 0 aliphatic heterocycles. The summed E-state index contributed by atoms with van der Waals surface area (Å²) >= 11 is 8.97. The lowest BCUT2D eigenvalue weighted by Gasteiger charge is -2.05. The summed E-state index contributed by atoms with van der Waals surface area (Å²) in [4.78, 5) is 12.3. The summed E-state index contributed by atoms with van der Waals surface area (Å²) in [6, 6.07) is 15.0. The minimum Gasteiger partial charge on any atom is -0.495 e. The first-order valence-corrected chi connectivity index (χ1v) is 9.49. The highest BCUT2D eigenvalue weighted by Gasteiger charge is 2.12. The van der Waals surface area contributed by atoms with Gasteiger partial charge in [-0.3, -0.25) is 10.1 Å². The van der Waals surface area contributed by atoms with Crippen LogP contribution >= 0.6 is 34.7 Å². The molecule has 25 heavy (non-hydrogen) atoms. The molecule has 2 aromatic carbocycles. The number of aromatic nitrogens is 2. The number of hydrogen-bond donors (Lipinski definition) is 1. The Bertz CT molecular complexity index is 871. The lowest BCUT2D eigenvalue weighted by molar-refractivity contribution is 0.102. The number of halogens is 1. The van der Waals surface area contributed by atoms with E-state index >= 15 is 0 Å². The molecule has 0 aliphatic rings. The standard InChI is InChI=1S/C17H14ClN3O2S2/c1-23-14-8-7-12(9-13(14)18)15(22)19-16-20-21-17(25-16)24-10-11-5-3-2-4-6-11/h2-9H,10H2,1H3,(H,19,20,22). The summed E-state index contributed by atoms with van der Waals surface area (Å²) in [6.07, 6.45) is 0. The number of hydrogen-bond acceptors (Lipinski definition) is 6. The molecule has 1 amide bonds. The van der Waals surface area contributed by atoms with E-state index in [1.54, 1.807) is 30.0 Å². The fraction of sp³-hybridized carbons (Fsp3) is 0.118. The molecule has 0 spiro atoms. The summed E-state index contributed by atoms with van der Waals surface area (Å²) < 4.78 is 5.88. The number of amides is 1. The number of carbonyl (C=O) groups is 1. The van der Waals surface area contributed by atoms with Crippen LogP contribution in [0.2, 0.25) is 5.02 Å². The maximum Gasteiger partial charge on any atom is 0.257 e. The number of benzene rings is 2. The van der Waals surface area contributed by atoms with Gasteiger partial charge in [0.15, 0.2) is 4.34 Å². The Morgan fingerprint density at radius 2 is 2.04 bits per heavy atom. The Morgan fingerprint density at radius 1 is 1.24 bits per heavy atom. The second-order valence-electron chi connectivity index (χ2n) is 4.95. The maximum absolute atomic E-state index is 12.3. The number of carbonyl (C=O) groups excluding carboxylic acids is 1. The second kappa shape index (κ2) is 8.33. The molecule has 0 saturated heterocycles. The van der Waals surface area contributed by atoms with Gasteiger partial charge in [0.25, 0.3) is 5.91 Å². The Hall–Kier alpha value is -2.09. The van der Waals surface area contributed by atoms with Gasteiger partial charge in [-0.15, -0.1) is 10.2 Å². The zero-order valence-corrected chi connectivity index (χ0v) is 15.6. The van der Waals surface area contributed by atoms with E-state index in [4.69, 9.17) is 16.3 Å². The van der Waals surface area contributed by atoms with Crippen LogP contribution in [0.25, 0.3) is 0 Å². The van der Waals surface area contributed by atoms with E-state index in [1.165, 1.54) is 24.0 Å². The maximum atomic E-state index is 12.3. The normalized spacial score (nSPS) is 10.5. The second-order valence-corrected chi connectivity index (χ2v) is 7.56. The first-order valence-electron chi connectivity index (χ1n) is 7.31. The van der Waals surface area contributed by atoms with Gasteiger partial charge in [-0.05, 0) is 23.8 Å². The predicted octanol–water partition coefficient (Wildman–Crippen LogP) is 4.74. The third kappa shape index (κ3) is 4.72. The number of rotatable bonds is 6. The zero-order chi connectivity index (χ0) is 17.6. The Kier molecular flexibility index (Phi) is 5.91. The average molecular weight is 392 g/mol. The van der Waals surface area contributed by atoms with E-state index < -0.39 is 0 Å². The number of nitrogens with one attached hydrogen (secondary N) is 1. The van der Waals surface area contributed by atoms with Crippen molar-refractivity contribution < 1.29 is 9.53 Å².